The maximum absolute atomic E-state index is 12.4. The van der Waals surface area contributed by atoms with Crippen molar-refractivity contribution in [3.8, 4) is 0 Å². The molecule has 0 bridgehead atoms. The lowest BCUT2D eigenvalue weighted by molar-refractivity contribution is 0.122. The number of allylic oxidation sites excluding steroid dienone is 5. The van der Waals surface area contributed by atoms with Gasteiger partial charge < -0.3 is 18.7 Å². The minimum Gasteiger partial charge on any atom is -0.378 e. The highest BCUT2D eigenvalue weighted by Gasteiger charge is 2.22. The molecule has 0 amide bonds. The molecular formula is C25H37N2O4P. The Morgan fingerprint density at radius 3 is 2.44 bits per heavy atom. The number of hydrogen-bond donors (Lipinski definition) is 0. The van der Waals surface area contributed by atoms with Crippen LogP contribution in [0.15, 0.2) is 59.1 Å². The molecule has 176 valence electrons. The molecule has 0 saturated carbocycles. The Morgan fingerprint density at radius 1 is 1.12 bits per heavy atom. The summed E-state index contributed by atoms with van der Waals surface area (Å²) in [6.07, 6.45) is 13.0. The van der Waals surface area contributed by atoms with Crippen LogP contribution < -0.4 is 4.90 Å². The summed E-state index contributed by atoms with van der Waals surface area (Å²) in [6.45, 7) is 10.5. The first-order chi connectivity index (χ1) is 15.6. The molecule has 0 aromatic heterocycles. The van der Waals surface area contributed by atoms with Crippen molar-refractivity contribution in [2.45, 2.75) is 27.2 Å². The van der Waals surface area contributed by atoms with Crippen molar-refractivity contribution in [3.63, 3.8) is 0 Å². The van der Waals surface area contributed by atoms with Crippen molar-refractivity contribution >= 4 is 25.6 Å². The van der Waals surface area contributed by atoms with E-state index in [9.17, 15) is 4.57 Å². The predicted molar refractivity (Wildman–Crippen MR) is 135 cm³/mol. The van der Waals surface area contributed by atoms with Crippen molar-refractivity contribution in [1.82, 2.24) is 0 Å². The monoisotopic (exact) mass is 460 g/mol. The topological polar surface area (TPSA) is 60.4 Å². The van der Waals surface area contributed by atoms with E-state index in [1.165, 1.54) is 5.69 Å². The number of hydrogen-bond acceptors (Lipinski definition) is 6. The van der Waals surface area contributed by atoms with Crippen molar-refractivity contribution in [3.05, 3.63) is 59.7 Å². The fourth-order valence-electron chi connectivity index (χ4n) is 3.30. The van der Waals surface area contributed by atoms with Gasteiger partial charge in [-0.1, -0.05) is 36.4 Å². The first-order valence-electron chi connectivity index (χ1n) is 11.4. The first kappa shape index (κ1) is 26.3. The van der Waals surface area contributed by atoms with E-state index in [1.54, 1.807) is 6.21 Å². The summed E-state index contributed by atoms with van der Waals surface area (Å²) in [5.41, 5.74) is 3.44. The number of nitrogens with zero attached hydrogens (tertiary/aromatic N) is 2. The number of benzene rings is 1. The predicted octanol–water partition coefficient (Wildman–Crippen LogP) is 5.77. The van der Waals surface area contributed by atoms with Crippen LogP contribution in [0, 0.1) is 0 Å². The molecule has 32 heavy (non-hydrogen) atoms. The van der Waals surface area contributed by atoms with Crippen LogP contribution in [0.4, 0.5) is 5.69 Å². The zero-order chi connectivity index (χ0) is 23.1. The van der Waals surface area contributed by atoms with E-state index in [2.05, 4.69) is 46.3 Å². The van der Waals surface area contributed by atoms with Crippen molar-refractivity contribution in [2.75, 3.05) is 57.1 Å². The number of ether oxygens (including phenoxy) is 1. The first-order valence-corrected chi connectivity index (χ1v) is 13.1. The van der Waals surface area contributed by atoms with Gasteiger partial charge in [0.2, 0.25) is 0 Å². The van der Waals surface area contributed by atoms with E-state index < -0.39 is 7.60 Å². The normalized spacial score (nSPS) is 16.1. The van der Waals surface area contributed by atoms with Crippen LogP contribution in [0.1, 0.15) is 32.8 Å². The number of rotatable bonds is 13. The fraction of sp³-hybridized carbons (Fsp3) is 0.480. The minimum atomic E-state index is -2.98. The molecule has 0 unspecified atom stereocenters. The molecule has 0 spiro atoms. The van der Waals surface area contributed by atoms with Crippen LogP contribution in [0.5, 0.6) is 0 Å². The summed E-state index contributed by atoms with van der Waals surface area (Å²) in [5, 5.41) is 0. The molecule has 6 nitrogen and oxygen atoms in total. The molecule has 1 aliphatic heterocycles. The lowest BCUT2D eigenvalue weighted by atomic mass is 10.1. The van der Waals surface area contributed by atoms with Gasteiger partial charge >= 0.3 is 7.60 Å². The van der Waals surface area contributed by atoms with E-state index in [1.807, 2.05) is 39.0 Å². The molecule has 1 fully saturated rings. The Morgan fingerprint density at radius 2 is 1.81 bits per heavy atom. The lowest BCUT2D eigenvalue weighted by Crippen LogP contribution is -2.36. The van der Waals surface area contributed by atoms with E-state index in [0.29, 0.717) is 32.3 Å². The highest BCUT2D eigenvalue weighted by molar-refractivity contribution is 7.53. The molecule has 1 aliphatic rings. The Kier molecular flexibility index (Phi) is 12.3. The lowest BCUT2D eigenvalue weighted by Gasteiger charge is -2.28. The fourth-order valence-corrected chi connectivity index (χ4v) is 4.95. The second-order valence-electron chi connectivity index (χ2n) is 7.27. The molecule has 0 atom stereocenters. The third kappa shape index (κ3) is 9.66. The van der Waals surface area contributed by atoms with Gasteiger partial charge in [0, 0.05) is 31.5 Å². The quantitative estimate of drug-likeness (QED) is 0.162. The van der Waals surface area contributed by atoms with Gasteiger partial charge in [-0.25, -0.2) is 0 Å². The summed E-state index contributed by atoms with van der Waals surface area (Å²) in [7, 11) is -2.98. The van der Waals surface area contributed by atoms with Gasteiger partial charge in [-0.3, -0.25) is 9.56 Å². The SMILES string of the molecule is C\C=C/C(C=Cc1ccc(N2CCOCC2)cc1)=C\C=N\CCCP(=O)(OCC)OCC. The largest absolute Gasteiger partial charge is 0.378 e. The summed E-state index contributed by atoms with van der Waals surface area (Å²) in [5.74, 6) is 0. The van der Waals surface area contributed by atoms with Crippen LogP contribution >= 0.6 is 7.60 Å². The number of aliphatic imine (C=N–C) groups is 1. The number of morpholine rings is 1. The number of anilines is 1. The van der Waals surface area contributed by atoms with Gasteiger partial charge in [0.15, 0.2) is 0 Å². The molecule has 7 heteroatoms. The Balaban J connectivity index is 1.87. The molecular weight excluding hydrogens is 423 g/mol. The van der Waals surface area contributed by atoms with Gasteiger partial charge in [0.05, 0.1) is 32.6 Å². The second kappa shape index (κ2) is 15.0. The summed E-state index contributed by atoms with van der Waals surface area (Å²) < 4.78 is 28.5. The van der Waals surface area contributed by atoms with Crippen LogP contribution in [-0.4, -0.2) is 58.4 Å². The highest BCUT2D eigenvalue weighted by Crippen LogP contribution is 2.48. The maximum atomic E-state index is 12.4. The van der Waals surface area contributed by atoms with Crippen LogP contribution in [0.2, 0.25) is 0 Å². The smallest absolute Gasteiger partial charge is 0.330 e. The Hall–Kier alpha value is -1.98. The minimum absolute atomic E-state index is 0.387. The third-order valence-electron chi connectivity index (χ3n) is 4.84. The van der Waals surface area contributed by atoms with Crippen LogP contribution in [0.25, 0.3) is 6.08 Å². The van der Waals surface area contributed by atoms with E-state index in [0.717, 1.165) is 37.4 Å². The van der Waals surface area contributed by atoms with Gasteiger partial charge in [-0.15, -0.1) is 0 Å². The van der Waals surface area contributed by atoms with Gasteiger partial charge in [0.1, 0.15) is 0 Å². The van der Waals surface area contributed by atoms with Gasteiger partial charge in [0.25, 0.3) is 0 Å². The van der Waals surface area contributed by atoms with Crippen LogP contribution in [0.3, 0.4) is 0 Å². The molecule has 1 aromatic carbocycles. The van der Waals surface area contributed by atoms with E-state index in [4.69, 9.17) is 13.8 Å². The Bertz CT molecular complexity index is 815. The zero-order valence-corrected chi connectivity index (χ0v) is 20.5. The molecule has 1 heterocycles. The van der Waals surface area contributed by atoms with Crippen molar-refractivity contribution in [2.24, 2.45) is 4.99 Å². The molecule has 0 aliphatic carbocycles. The third-order valence-corrected chi connectivity index (χ3v) is 7.01. The Labute approximate surface area is 193 Å². The van der Waals surface area contributed by atoms with Gasteiger partial charge in [-0.05, 0) is 56.5 Å². The summed E-state index contributed by atoms with van der Waals surface area (Å²) in [6, 6.07) is 8.60. The zero-order valence-electron chi connectivity index (χ0n) is 19.6. The average molecular weight is 461 g/mol. The maximum Gasteiger partial charge on any atom is 0.330 e. The standard InChI is InChI=1S/C25H37N2O4P/c1-4-8-23(15-17-26-16-7-22-32(28,30-5-2)31-6-3)9-10-24-11-13-25(14-12-24)27-18-20-29-21-19-27/h4,8-15,17H,5-7,16,18-22H2,1-3H3/b8-4-,10-9?,23-15+,26-17+. The van der Waals surface area contributed by atoms with Crippen molar-refractivity contribution in [1.29, 1.82) is 0 Å². The second-order valence-corrected chi connectivity index (χ2v) is 9.46. The molecule has 1 aromatic rings. The van der Waals surface area contributed by atoms with E-state index >= 15 is 0 Å². The summed E-state index contributed by atoms with van der Waals surface area (Å²) >= 11 is 0. The average Bonchev–Trinajstić information content (AvgIpc) is 2.81. The van der Waals surface area contributed by atoms with Crippen molar-refractivity contribution < 1.29 is 18.3 Å². The molecule has 2 rings (SSSR count). The summed E-state index contributed by atoms with van der Waals surface area (Å²) in [4.78, 5) is 6.77. The molecule has 0 radical (unpaired) electrons. The molecule has 0 N–H and O–H groups in total. The van der Waals surface area contributed by atoms with Crippen LogP contribution in [-0.2, 0) is 18.3 Å². The van der Waals surface area contributed by atoms with Gasteiger partial charge in [-0.2, -0.15) is 0 Å². The molecule has 1 saturated heterocycles. The highest BCUT2D eigenvalue weighted by atomic mass is 31.2. The van der Waals surface area contributed by atoms with E-state index in [-0.39, 0.29) is 0 Å².